The van der Waals surface area contributed by atoms with Crippen LogP contribution >= 0.6 is 34.0 Å². The first-order valence-electron chi connectivity index (χ1n) is 15.5. The molecule has 0 atom stereocenters. The Morgan fingerprint density at radius 3 is 1.96 bits per heavy atom. The highest BCUT2D eigenvalue weighted by atomic mass is 32.1. The Bertz CT molecular complexity index is 2190. The number of aryl methyl sites for hydroxylation is 3. The van der Waals surface area contributed by atoms with Gasteiger partial charge >= 0.3 is 5.97 Å². The lowest BCUT2D eigenvalue weighted by molar-refractivity contribution is -0.137. The second kappa shape index (κ2) is 14.2. The van der Waals surface area contributed by atoms with Crippen molar-refractivity contribution in [2.24, 2.45) is 0 Å². The second-order valence-electron chi connectivity index (χ2n) is 11.3. The molecule has 9 heteroatoms. The van der Waals surface area contributed by atoms with Crippen LogP contribution in [0.3, 0.4) is 0 Å². The number of H-pyrrole nitrogens is 1. The van der Waals surface area contributed by atoms with Gasteiger partial charge in [0.25, 0.3) is 0 Å². The van der Waals surface area contributed by atoms with Crippen molar-refractivity contribution in [3.8, 4) is 40.4 Å². The third-order valence-electron chi connectivity index (χ3n) is 8.26. The number of hydrogen-bond acceptors (Lipinski definition) is 6. The van der Waals surface area contributed by atoms with E-state index in [9.17, 15) is 14.7 Å². The molecule has 240 valence electrons. The van der Waals surface area contributed by atoms with Gasteiger partial charge in [0.2, 0.25) is 0 Å². The summed E-state index contributed by atoms with van der Waals surface area (Å²) >= 11 is 5.26. The summed E-state index contributed by atoms with van der Waals surface area (Å²) in [4.78, 5) is 33.8. The summed E-state index contributed by atoms with van der Waals surface area (Å²) in [5.74, 6) is -0.602. The predicted octanol–water partition coefficient (Wildman–Crippen LogP) is 10.1. The number of carbonyl (C=O) groups is 2. The number of aliphatic carboxylic acids is 1. The van der Waals surface area contributed by atoms with Crippen molar-refractivity contribution in [2.45, 2.75) is 46.1 Å². The van der Waals surface area contributed by atoms with Crippen LogP contribution in [0.5, 0.6) is 0 Å². The fourth-order valence-corrected chi connectivity index (χ4v) is 9.61. The molecule has 0 saturated carbocycles. The first-order chi connectivity index (χ1) is 22.9. The van der Waals surface area contributed by atoms with Gasteiger partial charge < -0.3 is 24.6 Å². The van der Waals surface area contributed by atoms with E-state index in [1.807, 2.05) is 6.20 Å². The lowest BCUT2D eigenvalue weighted by atomic mass is 10.1. The van der Waals surface area contributed by atoms with E-state index in [0.29, 0.717) is 19.3 Å². The number of nitrogens with one attached hydrogen (secondary N) is 1. The predicted molar refractivity (Wildman–Crippen MR) is 198 cm³/mol. The molecule has 0 aliphatic rings. The van der Waals surface area contributed by atoms with Gasteiger partial charge in [0, 0.05) is 84.6 Å². The van der Waals surface area contributed by atoms with Gasteiger partial charge in [-0.3, -0.25) is 4.79 Å². The molecule has 0 aliphatic carbocycles. The van der Waals surface area contributed by atoms with Gasteiger partial charge in [0.1, 0.15) is 5.78 Å². The molecule has 2 aromatic carbocycles. The maximum Gasteiger partial charge on any atom is 0.303 e. The molecular weight excluding hydrogens is 645 g/mol. The normalized spacial score (nSPS) is 11.2. The van der Waals surface area contributed by atoms with E-state index in [2.05, 4.69) is 95.5 Å². The number of aromatic amines is 1. The number of nitrogens with zero attached hydrogens (tertiary/aromatic N) is 1. The zero-order valence-corrected chi connectivity index (χ0v) is 29.0. The maximum atomic E-state index is 12.0. The van der Waals surface area contributed by atoms with Crippen LogP contribution in [0.1, 0.15) is 37.8 Å². The number of carboxylic acids is 1. The van der Waals surface area contributed by atoms with Gasteiger partial charge in [-0.1, -0.05) is 12.1 Å². The molecule has 7 rings (SSSR count). The standard InChI is InChI=1S/C37H32N2O3S3.CH4O/c1-3-39-17-15-24-19-26(7-10-30(24)39)34-20-27(5-4-22(2)40)36(45-34)31-11-12-32(43-31)37-28(8-13-35(41)42)21-33(44-37)25-6-9-29-23(18-25)14-16-38-29;1-2/h6-7,9-12,14-21,38H,3-5,8,13H2,1-2H3,(H,41,42);2H,1H3. The van der Waals surface area contributed by atoms with Crippen molar-refractivity contribution in [3.63, 3.8) is 0 Å². The number of benzene rings is 2. The molecular formula is C38H36N2O4S3. The van der Waals surface area contributed by atoms with E-state index >= 15 is 0 Å². The average molecular weight is 681 g/mol. The smallest absolute Gasteiger partial charge is 0.303 e. The molecule has 0 fully saturated rings. The minimum atomic E-state index is -0.792. The quantitative estimate of drug-likeness (QED) is 0.127. The Morgan fingerprint density at radius 1 is 0.723 bits per heavy atom. The molecule has 7 aromatic rings. The number of hydrogen-bond donors (Lipinski definition) is 3. The zero-order valence-electron chi connectivity index (χ0n) is 26.5. The minimum absolute atomic E-state index is 0.0910. The Kier molecular flexibility index (Phi) is 9.89. The fraction of sp³-hybridized carbons (Fsp3) is 0.211. The van der Waals surface area contributed by atoms with Crippen molar-refractivity contribution in [2.75, 3.05) is 7.11 Å². The largest absolute Gasteiger partial charge is 0.481 e. The summed E-state index contributed by atoms with van der Waals surface area (Å²) in [6.07, 6.45) is 5.88. The number of aromatic nitrogens is 2. The topological polar surface area (TPSA) is 95.3 Å². The Labute approximate surface area is 285 Å². The van der Waals surface area contributed by atoms with Crippen LogP contribution in [0.15, 0.2) is 85.2 Å². The molecule has 0 amide bonds. The molecule has 3 N–H and O–H groups in total. The van der Waals surface area contributed by atoms with Gasteiger partial charge in [-0.15, -0.1) is 34.0 Å². The molecule has 0 aliphatic heterocycles. The highest BCUT2D eigenvalue weighted by molar-refractivity contribution is 7.28. The van der Waals surface area contributed by atoms with Gasteiger partial charge in [0.05, 0.1) is 0 Å². The highest BCUT2D eigenvalue weighted by Crippen LogP contribution is 2.47. The molecule has 6 nitrogen and oxygen atoms in total. The molecule has 0 unspecified atom stereocenters. The fourth-order valence-electron chi connectivity index (χ4n) is 5.90. The lowest BCUT2D eigenvalue weighted by Gasteiger charge is -2.02. The molecule has 0 spiro atoms. The van der Waals surface area contributed by atoms with E-state index in [1.165, 1.54) is 36.7 Å². The second-order valence-corrected chi connectivity index (χ2v) is 14.5. The maximum absolute atomic E-state index is 12.0. The first-order valence-corrected chi connectivity index (χ1v) is 18.0. The lowest BCUT2D eigenvalue weighted by Crippen LogP contribution is -1.97. The third kappa shape index (κ3) is 6.89. The zero-order chi connectivity index (χ0) is 33.1. The average Bonchev–Trinajstić information content (AvgIpc) is 3.91. The van der Waals surface area contributed by atoms with Gasteiger partial charge in [0.15, 0.2) is 0 Å². The van der Waals surface area contributed by atoms with Crippen LogP contribution in [0, 0.1) is 0 Å². The van der Waals surface area contributed by atoms with Crippen molar-refractivity contribution in [3.05, 3.63) is 96.3 Å². The third-order valence-corrected chi connectivity index (χ3v) is 12.2. The molecule has 0 bridgehead atoms. The number of aliphatic hydroxyl groups excluding tert-OH is 1. The first kappa shape index (κ1) is 32.7. The summed E-state index contributed by atoms with van der Waals surface area (Å²) in [7, 11) is 1.00. The monoisotopic (exact) mass is 680 g/mol. The molecule has 0 saturated heterocycles. The van der Waals surface area contributed by atoms with Crippen molar-refractivity contribution < 1.29 is 19.8 Å². The van der Waals surface area contributed by atoms with E-state index in [0.717, 1.165) is 50.3 Å². The van der Waals surface area contributed by atoms with Gasteiger partial charge in [-0.25, -0.2) is 0 Å². The number of carboxylic acid groups (broad SMARTS) is 1. The minimum Gasteiger partial charge on any atom is -0.481 e. The Morgan fingerprint density at radius 2 is 1.34 bits per heavy atom. The van der Waals surface area contributed by atoms with Gasteiger partial charge in [-0.2, -0.15) is 0 Å². The number of ketones is 1. The number of aliphatic hydroxyl groups is 1. The highest BCUT2D eigenvalue weighted by Gasteiger charge is 2.19. The SMILES string of the molecule is CCn1ccc2cc(-c3cc(CCC(C)=O)c(-c4ccc(-c5sc(-c6ccc7[nH]ccc7c6)cc5CCC(=O)O)s4)s3)ccc21.CO. The summed E-state index contributed by atoms with van der Waals surface area (Å²) in [5.41, 5.74) is 6.91. The Balaban J connectivity index is 0.00000190. The van der Waals surface area contributed by atoms with Crippen LogP contribution in [-0.2, 0) is 29.0 Å². The van der Waals surface area contributed by atoms with E-state index < -0.39 is 5.97 Å². The summed E-state index contributed by atoms with van der Waals surface area (Å²) < 4.78 is 2.25. The summed E-state index contributed by atoms with van der Waals surface area (Å²) in [5, 5.41) is 18.9. The number of carbonyl (C=O) groups excluding carboxylic acids is 1. The van der Waals surface area contributed by atoms with Crippen molar-refractivity contribution >= 4 is 67.6 Å². The Hall–Kier alpha value is -4.28. The van der Waals surface area contributed by atoms with Crippen LogP contribution in [-0.4, -0.2) is 38.6 Å². The van der Waals surface area contributed by atoms with Crippen molar-refractivity contribution in [1.29, 1.82) is 0 Å². The number of rotatable bonds is 11. The van der Waals surface area contributed by atoms with E-state index in [1.54, 1.807) is 40.9 Å². The molecule has 5 aromatic heterocycles. The molecule has 47 heavy (non-hydrogen) atoms. The number of Topliss-reactive ketones (excluding diaryl/α,β-unsaturated/α-hetero) is 1. The number of fused-ring (bicyclic) bond motifs is 2. The van der Waals surface area contributed by atoms with Crippen LogP contribution in [0.25, 0.3) is 62.2 Å². The van der Waals surface area contributed by atoms with E-state index in [-0.39, 0.29) is 12.2 Å². The molecule has 0 radical (unpaired) electrons. The van der Waals surface area contributed by atoms with Gasteiger partial charge in [-0.05, 0) is 115 Å². The van der Waals surface area contributed by atoms with Crippen LogP contribution in [0.2, 0.25) is 0 Å². The summed E-state index contributed by atoms with van der Waals surface area (Å²) in [6.45, 7) is 4.75. The molecule has 5 heterocycles. The van der Waals surface area contributed by atoms with Crippen molar-refractivity contribution in [1.82, 2.24) is 9.55 Å². The summed E-state index contributed by atoms with van der Waals surface area (Å²) in [6, 6.07) is 26.1. The number of thiophene rings is 3. The van der Waals surface area contributed by atoms with E-state index in [4.69, 9.17) is 5.11 Å². The van der Waals surface area contributed by atoms with Crippen LogP contribution < -0.4 is 0 Å². The van der Waals surface area contributed by atoms with Crippen LogP contribution in [0.4, 0.5) is 0 Å².